The minimum Gasteiger partial charge on any atom is -0.397 e. The van der Waals surface area contributed by atoms with Crippen LogP contribution < -0.4 is 5.73 Å². The highest BCUT2D eigenvalue weighted by molar-refractivity contribution is 7.21. The molecule has 0 unspecified atom stereocenters. The summed E-state index contributed by atoms with van der Waals surface area (Å²) in [5.41, 5.74) is 10.3. The lowest BCUT2D eigenvalue weighted by atomic mass is 9.99. The van der Waals surface area contributed by atoms with Crippen molar-refractivity contribution in [2.24, 2.45) is 5.92 Å². The van der Waals surface area contributed by atoms with Gasteiger partial charge in [-0.3, -0.25) is 4.79 Å². The van der Waals surface area contributed by atoms with Gasteiger partial charge in [0, 0.05) is 23.9 Å². The molecule has 4 rings (SSSR count). The Balaban J connectivity index is 1.80. The fraction of sp³-hybridized carbons (Fsp3) is 0.400. The number of hydrogen-bond acceptors (Lipinski definition) is 4. The molecule has 1 aromatic carbocycles. The first-order valence-electron chi connectivity index (χ1n) is 8.84. The molecule has 0 radical (unpaired) electrons. The summed E-state index contributed by atoms with van der Waals surface area (Å²) in [5.74, 6) is 0.756. The van der Waals surface area contributed by atoms with Crippen LogP contribution in [0.25, 0.3) is 21.1 Å². The van der Waals surface area contributed by atoms with Crippen LogP contribution in [0.4, 0.5) is 5.69 Å². The van der Waals surface area contributed by atoms with Crippen molar-refractivity contribution in [3.63, 3.8) is 0 Å². The predicted octanol–water partition coefficient (Wildman–Crippen LogP) is 4.52. The summed E-state index contributed by atoms with van der Waals surface area (Å²) in [6.45, 7) is 8.07. The van der Waals surface area contributed by atoms with Crippen molar-refractivity contribution in [3.8, 4) is 0 Å². The van der Waals surface area contributed by atoms with E-state index in [0.717, 1.165) is 47.1 Å². The van der Waals surface area contributed by atoms with E-state index >= 15 is 0 Å². The number of nitrogens with zero attached hydrogens (tertiary/aromatic N) is 2. The van der Waals surface area contributed by atoms with E-state index in [4.69, 9.17) is 10.7 Å². The van der Waals surface area contributed by atoms with Gasteiger partial charge in [0.25, 0.3) is 5.91 Å². The number of fused-ring (bicyclic) bond motifs is 2. The minimum absolute atomic E-state index is 0.0596. The van der Waals surface area contributed by atoms with Crippen molar-refractivity contribution in [1.29, 1.82) is 0 Å². The van der Waals surface area contributed by atoms with Crippen LogP contribution in [0.5, 0.6) is 0 Å². The van der Waals surface area contributed by atoms with Gasteiger partial charge in [0.05, 0.1) is 11.2 Å². The molecule has 1 fully saturated rings. The molecular formula is C20H23N3OS. The first-order chi connectivity index (χ1) is 12.0. The summed E-state index contributed by atoms with van der Waals surface area (Å²) < 4.78 is 0. The lowest BCUT2D eigenvalue weighted by Gasteiger charge is -2.30. The second-order valence-electron chi connectivity index (χ2n) is 7.24. The molecule has 130 valence electrons. The molecule has 5 heteroatoms. The number of likely N-dealkylation sites (tertiary alicyclic amines) is 1. The fourth-order valence-corrected chi connectivity index (χ4v) is 4.57. The van der Waals surface area contributed by atoms with Crippen molar-refractivity contribution in [2.75, 3.05) is 18.8 Å². The maximum atomic E-state index is 12.9. The molecule has 2 N–H and O–H groups in total. The molecule has 1 aliphatic rings. The molecule has 3 heterocycles. The number of nitrogen functional groups attached to an aromatic ring is 1. The lowest BCUT2D eigenvalue weighted by Crippen LogP contribution is -2.37. The van der Waals surface area contributed by atoms with Crippen molar-refractivity contribution in [2.45, 2.75) is 33.6 Å². The Hall–Kier alpha value is -2.14. The van der Waals surface area contributed by atoms with Gasteiger partial charge in [-0.15, -0.1) is 11.3 Å². The highest BCUT2D eigenvalue weighted by Gasteiger charge is 2.26. The van der Waals surface area contributed by atoms with Crippen molar-refractivity contribution >= 4 is 44.1 Å². The molecule has 1 amide bonds. The average molecular weight is 353 g/mol. The number of hydrogen-bond donors (Lipinski definition) is 1. The van der Waals surface area contributed by atoms with Crippen LogP contribution in [0.3, 0.4) is 0 Å². The molecule has 1 aliphatic heterocycles. The van der Waals surface area contributed by atoms with Crippen LogP contribution in [0.1, 0.15) is 40.6 Å². The van der Waals surface area contributed by atoms with E-state index in [-0.39, 0.29) is 5.91 Å². The number of carbonyl (C=O) groups excluding carboxylic acids is 1. The number of benzene rings is 1. The molecule has 0 spiro atoms. The largest absolute Gasteiger partial charge is 0.397 e. The normalized spacial score (nSPS) is 16.0. The Bertz CT molecular complexity index is 984. The average Bonchev–Trinajstić information content (AvgIpc) is 2.93. The van der Waals surface area contributed by atoms with Gasteiger partial charge in [0.15, 0.2) is 0 Å². The van der Waals surface area contributed by atoms with Gasteiger partial charge < -0.3 is 10.6 Å². The molecule has 0 atom stereocenters. The Morgan fingerprint density at radius 3 is 2.72 bits per heavy atom. The van der Waals surface area contributed by atoms with E-state index in [2.05, 4.69) is 39.0 Å². The number of carbonyl (C=O) groups is 1. The number of thiophene rings is 1. The Morgan fingerprint density at radius 2 is 2.00 bits per heavy atom. The van der Waals surface area contributed by atoms with Crippen LogP contribution >= 0.6 is 11.3 Å². The third-order valence-corrected chi connectivity index (χ3v) is 6.58. The van der Waals surface area contributed by atoms with E-state index in [1.165, 1.54) is 22.5 Å². The van der Waals surface area contributed by atoms with Gasteiger partial charge in [-0.1, -0.05) is 19.1 Å². The molecule has 0 bridgehead atoms. The van der Waals surface area contributed by atoms with E-state index in [1.807, 2.05) is 4.90 Å². The van der Waals surface area contributed by atoms with Crippen LogP contribution in [0.2, 0.25) is 0 Å². The van der Waals surface area contributed by atoms with E-state index in [1.54, 1.807) is 0 Å². The highest BCUT2D eigenvalue weighted by atomic mass is 32.1. The molecule has 2 aromatic heterocycles. The number of aryl methyl sites for hydroxylation is 2. The van der Waals surface area contributed by atoms with Crippen LogP contribution in [-0.4, -0.2) is 28.9 Å². The lowest BCUT2D eigenvalue weighted by molar-refractivity contribution is 0.0703. The fourth-order valence-electron chi connectivity index (χ4n) is 3.52. The maximum absolute atomic E-state index is 12.9. The summed E-state index contributed by atoms with van der Waals surface area (Å²) >= 11 is 1.43. The molecule has 1 saturated heterocycles. The first kappa shape index (κ1) is 16.3. The van der Waals surface area contributed by atoms with Gasteiger partial charge in [-0.05, 0) is 49.8 Å². The van der Waals surface area contributed by atoms with Crippen molar-refractivity contribution in [3.05, 3.63) is 34.2 Å². The molecule has 4 nitrogen and oxygen atoms in total. The van der Waals surface area contributed by atoms with Gasteiger partial charge in [-0.25, -0.2) is 4.98 Å². The van der Waals surface area contributed by atoms with Crippen LogP contribution in [-0.2, 0) is 0 Å². The summed E-state index contributed by atoms with van der Waals surface area (Å²) in [4.78, 5) is 21.2. The van der Waals surface area contributed by atoms with Gasteiger partial charge in [-0.2, -0.15) is 0 Å². The zero-order chi connectivity index (χ0) is 17.7. The summed E-state index contributed by atoms with van der Waals surface area (Å²) in [6.07, 6.45) is 2.13. The standard InChI is InChI=1S/C20H23N3OS/c1-11-6-8-23(9-7-11)20(24)18-16(21)15-10-14-5-4-12(2)13(3)17(14)22-19(15)25-18/h4-5,10-11H,6-9,21H2,1-3H3. The zero-order valence-electron chi connectivity index (χ0n) is 14.9. The zero-order valence-corrected chi connectivity index (χ0v) is 15.7. The monoisotopic (exact) mass is 353 g/mol. The number of nitrogens with two attached hydrogens (primary N) is 1. The predicted molar refractivity (Wildman–Crippen MR) is 105 cm³/mol. The number of rotatable bonds is 1. The van der Waals surface area contributed by atoms with Crippen molar-refractivity contribution in [1.82, 2.24) is 9.88 Å². The summed E-state index contributed by atoms with van der Waals surface area (Å²) in [6, 6.07) is 6.26. The quantitative estimate of drug-likeness (QED) is 0.700. The number of anilines is 1. The first-order valence-corrected chi connectivity index (χ1v) is 9.65. The van der Waals surface area contributed by atoms with Gasteiger partial charge in [0.1, 0.15) is 9.71 Å². The molecular weight excluding hydrogens is 330 g/mol. The van der Waals surface area contributed by atoms with Gasteiger partial charge >= 0.3 is 0 Å². The Kier molecular flexibility index (Phi) is 3.91. The van der Waals surface area contributed by atoms with E-state index in [0.29, 0.717) is 16.5 Å². The number of aromatic nitrogens is 1. The summed E-state index contributed by atoms with van der Waals surface area (Å²) in [7, 11) is 0. The number of amides is 1. The van der Waals surface area contributed by atoms with Crippen molar-refractivity contribution < 1.29 is 4.79 Å². The summed E-state index contributed by atoms with van der Waals surface area (Å²) in [5, 5.41) is 1.97. The third-order valence-electron chi connectivity index (χ3n) is 5.48. The second kappa shape index (κ2) is 5.99. The molecule has 0 aliphatic carbocycles. The number of piperidine rings is 1. The second-order valence-corrected chi connectivity index (χ2v) is 8.24. The SMILES string of the molecule is Cc1ccc2cc3c(N)c(C(=O)N4CCC(C)CC4)sc3nc2c1C. The smallest absolute Gasteiger partial charge is 0.266 e. The topological polar surface area (TPSA) is 59.2 Å². The highest BCUT2D eigenvalue weighted by Crippen LogP contribution is 2.36. The maximum Gasteiger partial charge on any atom is 0.266 e. The van der Waals surface area contributed by atoms with Gasteiger partial charge in [0.2, 0.25) is 0 Å². The number of pyridine rings is 1. The molecule has 0 saturated carbocycles. The van der Waals surface area contributed by atoms with Crippen LogP contribution in [0.15, 0.2) is 18.2 Å². The Labute approximate surface area is 151 Å². The third kappa shape index (κ3) is 2.67. The molecule has 3 aromatic rings. The van der Waals surface area contributed by atoms with E-state index < -0.39 is 0 Å². The van der Waals surface area contributed by atoms with Crippen LogP contribution in [0, 0.1) is 19.8 Å². The molecule has 25 heavy (non-hydrogen) atoms. The Morgan fingerprint density at radius 1 is 1.28 bits per heavy atom. The minimum atomic E-state index is 0.0596. The van der Waals surface area contributed by atoms with E-state index in [9.17, 15) is 4.79 Å².